The highest BCUT2D eigenvalue weighted by atomic mass is 16.4. The van der Waals surface area contributed by atoms with Crippen LogP contribution in [0, 0.1) is 5.92 Å². The van der Waals surface area contributed by atoms with Gasteiger partial charge in [0.1, 0.15) is 23.9 Å². The van der Waals surface area contributed by atoms with Gasteiger partial charge in [0.15, 0.2) is 11.6 Å². The highest BCUT2D eigenvalue weighted by molar-refractivity contribution is 6.07. The maximum absolute atomic E-state index is 14.1. The van der Waals surface area contributed by atoms with E-state index in [1.165, 1.54) is 6.20 Å². The number of fused-ring (bicyclic) bond motifs is 1. The van der Waals surface area contributed by atoms with Crippen LogP contribution in [0.3, 0.4) is 0 Å². The van der Waals surface area contributed by atoms with Crippen molar-refractivity contribution in [1.82, 2.24) is 67.5 Å². The number of carboxylic acid groups (broad SMARTS) is 1. The molecule has 3 aromatic heterocycles. The van der Waals surface area contributed by atoms with Crippen molar-refractivity contribution >= 4 is 35.5 Å². The van der Waals surface area contributed by atoms with Crippen molar-refractivity contribution in [1.29, 1.82) is 0 Å². The lowest BCUT2D eigenvalue weighted by molar-refractivity contribution is -0.132. The molecule has 0 aliphatic carbocycles. The molecule has 4 heterocycles. The zero-order valence-corrected chi connectivity index (χ0v) is 23.1. The van der Waals surface area contributed by atoms with Crippen LogP contribution in [0.4, 0.5) is 10.6 Å². The third kappa shape index (κ3) is 7.59. The number of nitrogens with zero attached hydrogens (tertiary/aromatic N) is 8. The number of rotatable bonds is 13. The number of carbonyl (C=O) groups excluding carboxylic acids is 4. The Morgan fingerprint density at radius 1 is 1.05 bits per heavy atom. The van der Waals surface area contributed by atoms with E-state index in [0.717, 1.165) is 4.90 Å². The number of hydrogen-bond acceptors (Lipinski definition) is 12. The Hall–Kier alpha value is -5.56. The van der Waals surface area contributed by atoms with Crippen molar-refractivity contribution in [3.05, 3.63) is 35.5 Å². The Labute approximate surface area is 243 Å². The molecule has 3 aromatic rings. The van der Waals surface area contributed by atoms with Gasteiger partial charge < -0.3 is 26.4 Å². The average Bonchev–Trinajstić information content (AvgIpc) is 3.78. The summed E-state index contributed by atoms with van der Waals surface area (Å²) in [6, 6.07) is -0.469. The van der Waals surface area contributed by atoms with Crippen molar-refractivity contribution in [2.24, 2.45) is 5.92 Å². The second-order valence-corrected chi connectivity index (χ2v) is 9.64. The molecular weight excluding hydrogens is 568 g/mol. The van der Waals surface area contributed by atoms with Crippen molar-refractivity contribution in [3.8, 4) is 0 Å². The van der Waals surface area contributed by atoms with Crippen LogP contribution in [0.25, 0.3) is 0 Å². The predicted molar refractivity (Wildman–Crippen MR) is 142 cm³/mol. The van der Waals surface area contributed by atoms with Gasteiger partial charge in [0.2, 0.25) is 17.7 Å². The van der Waals surface area contributed by atoms with Crippen LogP contribution in [0.15, 0.2) is 18.3 Å². The molecule has 1 aliphatic heterocycles. The predicted octanol–water partition coefficient (Wildman–Crippen LogP) is -2.44. The van der Waals surface area contributed by atoms with E-state index in [1.807, 2.05) is 0 Å². The number of aromatic amines is 2. The van der Waals surface area contributed by atoms with Crippen LogP contribution in [0.2, 0.25) is 0 Å². The van der Waals surface area contributed by atoms with Gasteiger partial charge in [-0.2, -0.15) is 10.4 Å². The second kappa shape index (κ2) is 13.9. The fraction of sp³-hybridized carbons (Fsp3) is 0.478. The van der Waals surface area contributed by atoms with E-state index in [4.69, 9.17) is 0 Å². The monoisotopic (exact) mass is 598 g/mol. The van der Waals surface area contributed by atoms with E-state index in [2.05, 4.69) is 67.5 Å². The molecule has 20 nitrogen and oxygen atoms in total. The maximum Gasteiger partial charge on any atom is 0.405 e. The molecular formula is C23H30N14O6. The Bertz CT molecular complexity index is 1430. The summed E-state index contributed by atoms with van der Waals surface area (Å²) in [5.41, 5.74) is 0.590. The molecule has 0 spiro atoms. The minimum Gasteiger partial charge on any atom is -0.465 e. The standard InChI is InChI=1S/C23H30N14O6/c1-3-11(2)18(28-23(42)43)21(40)27-13(8-17(38)25-9-15-29-33-34-30-15)22(41)37-14(7-12-5-4-6-24-19(12)37)20(39)26-10-16-31-35-36-32-16/h4-6,11,13-14,18,28H,3,7-10H2,1-2H3,(H,25,38)(H,26,39)(H,27,40)(H,42,43)(H,29,30,33,34)(H,31,32,35,36)/t11-,13-,14-,18-/m0/s1. The van der Waals surface area contributed by atoms with Crippen molar-refractivity contribution in [3.63, 3.8) is 0 Å². The minimum absolute atomic E-state index is 0.0757. The SMILES string of the molecule is CC[C@H](C)[C@H](NC(=O)O)C(=O)N[C@@H](CC(=O)NCc1nn[nH]n1)C(=O)N1c2ncccc2C[C@H]1C(=O)NCc1nn[nH]n1. The van der Waals surface area contributed by atoms with E-state index in [9.17, 15) is 29.1 Å². The first-order valence-electron chi connectivity index (χ1n) is 13.2. The molecule has 4 atom stereocenters. The number of hydrogen-bond donors (Lipinski definition) is 7. The zero-order valence-electron chi connectivity index (χ0n) is 23.1. The van der Waals surface area contributed by atoms with Gasteiger partial charge in [-0.25, -0.2) is 9.78 Å². The number of nitrogens with one attached hydrogen (secondary N) is 6. The molecule has 228 valence electrons. The average molecular weight is 599 g/mol. The Kier molecular flexibility index (Phi) is 9.81. The molecule has 1 aliphatic rings. The van der Waals surface area contributed by atoms with Crippen LogP contribution in [0.1, 0.15) is 43.9 Å². The van der Waals surface area contributed by atoms with Gasteiger partial charge in [0, 0.05) is 12.6 Å². The number of tetrazole rings is 2. The summed E-state index contributed by atoms with van der Waals surface area (Å²) in [6.07, 6.45) is -0.00240. The summed E-state index contributed by atoms with van der Waals surface area (Å²) >= 11 is 0. The number of amides is 5. The number of H-pyrrole nitrogens is 2. The summed E-state index contributed by atoms with van der Waals surface area (Å²) in [4.78, 5) is 70.5. The van der Waals surface area contributed by atoms with Crippen molar-refractivity contribution in [2.45, 2.75) is 64.3 Å². The molecule has 0 aromatic carbocycles. The lowest BCUT2D eigenvalue weighted by atomic mass is 9.97. The van der Waals surface area contributed by atoms with E-state index in [0.29, 0.717) is 12.0 Å². The molecule has 0 fully saturated rings. The third-order valence-corrected chi connectivity index (χ3v) is 6.78. The van der Waals surface area contributed by atoms with E-state index in [-0.39, 0.29) is 37.0 Å². The summed E-state index contributed by atoms with van der Waals surface area (Å²) in [6.45, 7) is 3.25. The van der Waals surface area contributed by atoms with Crippen LogP contribution in [-0.4, -0.2) is 99.2 Å². The number of carbonyl (C=O) groups is 5. The van der Waals surface area contributed by atoms with Gasteiger partial charge in [0.05, 0.1) is 19.5 Å². The normalized spacial score (nSPS) is 16.0. The molecule has 0 saturated heterocycles. The zero-order chi connectivity index (χ0) is 30.9. The van der Waals surface area contributed by atoms with Gasteiger partial charge in [0.25, 0.3) is 5.91 Å². The fourth-order valence-electron chi connectivity index (χ4n) is 4.42. The second-order valence-electron chi connectivity index (χ2n) is 9.64. The summed E-state index contributed by atoms with van der Waals surface area (Å²) in [5, 5.41) is 45.6. The van der Waals surface area contributed by atoms with E-state index >= 15 is 0 Å². The Morgan fingerprint density at radius 3 is 2.33 bits per heavy atom. The highest BCUT2D eigenvalue weighted by Gasteiger charge is 2.43. The topological polar surface area (TPSA) is 279 Å². The molecule has 0 saturated carbocycles. The van der Waals surface area contributed by atoms with Gasteiger partial charge in [-0.05, 0) is 17.5 Å². The fourth-order valence-corrected chi connectivity index (χ4v) is 4.42. The Morgan fingerprint density at radius 2 is 1.72 bits per heavy atom. The third-order valence-electron chi connectivity index (χ3n) is 6.78. The molecule has 20 heteroatoms. The molecule has 5 amide bonds. The molecule has 0 radical (unpaired) electrons. The first kappa shape index (κ1) is 30.4. The lowest BCUT2D eigenvalue weighted by Gasteiger charge is -2.30. The van der Waals surface area contributed by atoms with E-state index in [1.54, 1.807) is 26.0 Å². The quantitative estimate of drug-likeness (QED) is 0.108. The molecule has 0 bridgehead atoms. The van der Waals surface area contributed by atoms with Gasteiger partial charge >= 0.3 is 6.09 Å². The summed E-state index contributed by atoms with van der Waals surface area (Å²) < 4.78 is 0. The number of anilines is 1. The molecule has 4 rings (SSSR count). The number of aromatic nitrogens is 9. The lowest BCUT2D eigenvalue weighted by Crippen LogP contribution is -2.59. The summed E-state index contributed by atoms with van der Waals surface area (Å²) in [7, 11) is 0. The van der Waals surface area contributed by atoms with Crippen LogP contribution in [0.5, 0.6) is 0 Å². The minimum atomic E-state index is -1.51. The van der Waals surface area contributed by atoms with Gasteiger partial charge in [-0.1, -0.05) is 36.8 Å². The first-order chi connectivity index (χ1) is 20.7. The van der Waals surface area contributed by atoms with Crippen molar-refractivity contribution in [2.75, 3.05) is 4.90 Å². The Balaban J connectivity index is 1.60. The highest BCUT2D eigenvalue weighted by Crippen LogP contribution is 2.31. The largest absolute Gasteiger partial charge is 0.465 e. The van der Waals surface area contributed by atoms with Crippen molar-refractivity contribution < 1.29 is 29.1 Å². The van der Waals surface area contributed by atoms with E-state index < -0.39 is 60.2 Å². The number of pyridine rings is 1. The summed E-state index contributed by atoms with van der Waals surface area (Å²) in [5.74, 6) is -2.72. The first-order valence-corrected chi connectivity index (χ1v) is 13.2. The molecule has 43 heavy (non-hydrogen) atoms. The van der Waals surface area contributed by atoms with Crippen LogP contribution >= 0.6 is 0 Å². The molecule has 0 unspecified atom stereocenters. The van der Waals surface area contributed by atoms with Crippen LogP contribution in [-0.2, 0) is 38.7 Å². The smallest absolute Gasteiger partial charge is 0.405 e. The van der Waals surface area contributed by atoms with Gasteiger partial charge in [-0.3, -0.25) is 24.1 Å². The molecule has 7 N–H and O–H groups in total. The maximum atomic E-state index is 14.1. The van der Waals surface area contributed by atoms with Crippen LogP contribution < -0.4 is 26.2 Å². The van der Waals surface area contributed by atoms with Gasteiger partial charge in [-0.15, -0.1) is 20.4 Å².